The molecule has 27 heavy (non-hydrogen) atoms. The van der Waals surface area contributed by atoms with Gasteiger partial charge in [-0.15, -0.1) is 0 Å². The predicted molar refractivity (Wildman–Crippen MR) is 106 cm³/mol. The van der Waals surface area contributed by atoms with Gasteiger partial charge in [-0.1, -0.05) is 18.2 Å². The molecule has 142 valence electrons. The average molecular weight is 365 g/mol. The van der Waals surface area contributed by atoms with Crippen molar-refractivity contribution in [1.29, 1.82) is 0 Å². The Morgan fingerprint density at radius 3 is 2.85 bits per heavy atom. The highest BCUT2D eigenvalue weighted by atomic mass is 16.5. The lowest BCUT2D eigenvalue weighted by Crippen LogP contribution is -2.53. The van der Waals surface area contributed by atoms with E-state index in [1.165, 1.54) is 27.6 Å². The SMILES string of the molecule is CC(C)N1C[C@H](C(=O)N2CCOCC2)C=C2c3cccc4[nH]cc(c34)C[C@H]21. The summed E-state index contributed by atoms with van der Waals surface area (Å²) in [5, 5.41) is 1.34. The highest BCUT2D eigenvalue weighted by molar-refractivity contribution is 5.99. The maximum absolute atomic E-state index is 13.2. The van der Waals surface area contributed by atoms with Gasteiger partial charge in [0.15, 0.2) is 0 Å². The molecule has 2 atom stereocenters. The number of hydrogen-bond donors (Lipinski definition) is 1. The van der Waals surface area contributed by atoms with E-state index in [-0.39, 0.29) is 11.8 Å². The Hall–Kier alpha value is -2.11. The molecule has 0 spiro atoms. The van der Waals surface area contributed by atoms with Crippen LogP contribution in [0.2, 0.25) is 0 Å². The van der Waals surface area contributed by atoms with E-state index in [4.69, 9.17) is 4.74 Å². The van der Waals surface area contributed by atoms with Crippen LogP contribution in [0.1, 0.15) is 25.0 Å². The van der Waals surface area contributed by atoms with Crippen LogP contribution in [0.4, 0.5) is 0 Å². The molecule has 1 fully saturated rings. The molecular weight excluding hydrogens is 338 g/mol. The van der Waals surface area contributed by atoms with Crippen LogP contribution < -0.4 is 0 Å². The molecule has 3 aliphatic rings. The van der Waals surface area contributed by atoms with Crippen molar-refractivity contribution >= 4 is 22.4 Å². The van der Waals surface area contributed by atoms with Gasteiger partial charge >= 0.3 is 0 Å². The van der Waals surface area contributed by atoms with Crippen LogP contribution in [-0.2, 0) is 16.0 Å². The van der Waals surface area contributed by atoms with Gasteiger partial charge < -0.3 is 14.6 Å². The second kappa shape index (κ2) is 6.50. The first-order chi connectivity index (χ1) is 13.1. The monoisotopic (exact) mass is 365 g/mol. The minimum absolute atomic E-state index is 0.0764. The molecular formula is C22H27N3O2. The molecule has 3 heterocycles. The number of amides is 1. The number of aromatic amines is 1. The number of rotatable bonds is 2. The quantitative estimate of drug-likeness (QED) is 0.890. The van der Waals surface area contributed by atoms with E-state index >= 15 is 0 Å². The van der Waals surface area contributed by atoms with E-state index in [1.807, 2.05) is 4.90 Å². The van der Waals surface area contributed by atoms with Crippen molar-refractivity contribution < 1.29 is 9.53 Å². The number of benzene rings is 1. The average Bonchev–Trinajstić information content (AvgIpc) is 3.12. The van der Waals surface area contributed by atoms with Crippen LogP contribution in [0.15, 0.2) is 30.5 Å². The molecule has 0 radical (unpaired) electrons. The lowest BCUT2D eigenvalue weighted by atomic mass is 9.79. The summed E-state index contributed by atoms with van der Waals surface area (Å²) in [7, 11) is 0. The van der Waals surface area contributed by atoms with Crippen molar-refractivity contribution in [1.82, 2.24) is 14.8 Å². The van der Waals surface area contributed by atoms with Crippen LogP contribution >= 0.6 is 0 Å². The smallest absolute Gasteiger partial charge is 0.230 e. The number of ether oxygens (including phenoxy) is 1. The van der Waals surface area contributed by atoms with Crippen molar-refractivity contribution in [2.24, 2.45) is 5.92 Å². The predicted octanol–water partition coefficient (Wildman–Crippen LogP) is 2.68. The van der Waals surface area contributed by atoms with Gasteiger partial charge in [-0.05, 0) is 43.0 Å². The molecule has 1 saturated heterocycles. The highest BCUT2D eigenvalue weighted by Crippen LogP contribution is 2.42. The Morgan fingerprint density at radius 1 is 1.26 bits per heavy atom. The number of hydrogen-bond acceptors (Lipinski definition) is 3. The first kappa shape index (κ1) is 17.0. The second-order valence-electron chi connectivity index (χ2n) is 8.22. The zero-order valence-electron chi connectivity index (χ0n) is 16.1. The summed E-state index contributed by atoms with van der Waals surface area (Å²) in [5.41, 5.74) is 5.22. The van der Waals surface area contributed by atoms with E-state index in [2.05, 4.69) is 54.2 Å². The minimum atomic E-state index is -0.0764. The molecule has 1 amide bonds. The van der Waals surface area contributed by atoms with Crippen molar-refractivity contribution in [3.63, 3.8) is 0 Å². The summed E-state index contributed by atoms with van der Waals surface area (Å²) in [5.74, 6) is 0.175. The molecule has 5 nitrogen and oxygen atoms in total. The molecule has 5 rings (SSSR count). The third-order valence-corrected chi connectivity index (χ3v) is 6.36. The number of H-pyrrole nitrogens is 1. The summed E-state index contributed by atoms with van der Waals surface area (Å²) < 4.78 is 5.43. The number of aromatic nitrogens is 1. The summed E-state index contributed by atoms with van der Waals surface area (Å²) >= 11 is 0. The van der Waals surface area contributed by atoms with Crippen LogP contribution in [-0.4, -0.2) is 65.6 Å². The summed E-state index contributed by atoms with van der Waals surface area (Å²) in [6.07, 6.45) is 5.44. The molecule has 0 unspecified atom stereocenters. The van der Waals surface area contributed by atoms with E-state index in [0.29, 0.717) is 38.4 Å². The Kier molecular flexibility index (Phi) is 4.10. The van der Waals surface area contributed by atoms with Gasteiger partial charge in [0.1, 0.15) is 0 Å². The van der Waals surface area contributed by atoms with E-state index in [1.54, 1.807) is 0 Å². The van der Waals surface area contributed by atoms with Gasteiger partial charge in [-0.3, -0.25) is 9.69 Å². The van der Waals surface area contributed by atoms with Gasteiger partial charge in [0.25, 0.3) is 0 Å². The van der Waals surface area contributed by atoms with Crippen molar-refractivity contribution in [2.75, 3.05) is 32.8 Å². The fourth-order valence-electron chi connectivity index (χ4n) is 5.01. The van der Waals surface area contributed by atoms with Gasteiger partial charge in [0.05, 0.1) is 19.1 Å². The fourth-order valence-corrected chi connectivity index (χ4v) is 5.01. The Bertz CT molecular complexity index is 907. The number of fused-ring (bicyclic) bond motifs is 2. The standard InChI is InChI=1S/C22H27N3O2/c1-14(2)25-13-16(22(26)24-6-8-27-9-7-24)10-18-17-4-3-5-19-21(17)15(12-23-19)11-20(18)25/h3-5,10,12,14,16,20,23H,6-9,11,13H2,1-2H3/t16-,20-/m1/s1. The van der Waals surface area contributed by atoms with Crippen molar-refractivity contribution in [3.8, 4) is 0 Å². The number of carbonyl (C=O) groups is 1. The van der Waals surface area contributed by atoms with E-state index in [0.717, 1.165) is 13.0 Å². The Balaban J connectivity index is 1.58. The van der Waals surface area contributed by atoms with Crippen LogP contribution in [0, 0.1) is 5.92 Å². The number of morpholine rings is 1. The second-order valence-corrected chi connectivity index (χ2v) is 8.22. The van der Waals surface area contributed by atoms with Crippen molar-refractivity contribution in [2.45, 2.75) is 32.4 Å². The molecule has 1 aromatic carbocycles. The Morgan fingerprint density at radius 2 is 2.07 bits per heavy atom. The van der Waals surface area contributed by atoms with E-state index < -0.39 is 0 Å². The maximum Gasteiger partial charge on any atom is 0.230 e. The van der Waals surface area contributed by atoms with Gasteiger partial charge in [0, 0.05) is 48.8 Å². The van der Waals surface area contributed by atoms with Crippen LogP contribution in [0.25, 0.3) is 16.5 Å². The van der Waals surface area contributed by atoms with E-state index in [9.17, 15) is 4.79 Å². The fraction of sp³-hybridized carbons (Fsp3) is 0.500. The Labute approximate surface area is 160 Å². The van der Waals surface area contributed by atoms with Crippen LogP contribution in [0.3, 0.4) is 0 Å². The molecule has 0 bridgehead atoms. The molecule has 1 aliphatic carbocycles. The first-order valence-electron chi connectivity index (χ1n) is 10.1. The van der Waals surface area contributed by atoms with Gasteiger partial charge in [-0.25, -0.2) is 0 Å². The zero-order valence-corrected chi connectivity index (χ0v) is 16.1. The molecule has 2 aromatic rings. The normalized spacial score (nSPS) is 25.6. The highest BCUT2D eigenvalue weighted by Gasteiger charge is 2.39. The lowest BCUT2D eigenvalue weighted by Gasteiger charge is -2.44. The molecule has 1 N–H and O–H groups in total. The van der Waals surface area contributed by atoms with Gasteiger partial charge in [0.2, 0.25) is 5.91 Å². The third kappa shape index (κ3) is 2.72. The number of nitrogens with zero attached hydrogens (tertiary/aromatic N) is 2. The molecule has 0 saturated carbocycles. The first-order valence-corrected chi connectivity index (χ1v) is 10.1. The summed E-state index contributed by atoms with van der Waals surface area (Å²) in [6, 6.07) is 7.24. The molecule has 2 aliphatic heterocycles. The van der Waals surface area contributed by atoms with Gasteiger partial charge in [-0.2, -0.15) is 0 Å². The van der Waals surface area contributed by atoms with Crippen molar-refractivity contribution in [3.05, 3.63) is 41.6 Å². The molecule has 1 aromatic heterocycles. The largest absolute Gasteiger partial charge is 0.378 e. The lowest BCUT2D eigenvalue weighted by molar-refractivity contribution is -0.139. The topological polar surface area (TPSA) is 48.6 Å². The zero-order chi connectivity index (χ0) is 18.5. The number of carbonyl (C=O) groups excluding carboxylic acids is 1. The summed E-state index contributed by atoms with van der Waals surface area (Å²) in [6.45, 7) is 8.01. The number of nitrogens with one attached hydrogen (secondary N) is 1. The minimum Gasteiger partial charge on any atom is -0.378 e. The summed E-state index contributed by atoms with van der Waals surface area (Å²) in [4.78, 5) is 21.2. The maximum atomic E-state index is 13.2. The van der Waals surface area contributed by atoms with Crippen LogP contribution in [0.5, 0.6) is 0 Å². The third-order valence-electron chi connectivity index (χ3n) is 6.36. The molecule has 5 heteroatoms.